The maximum absolute atomic E-state index is 5.88. The molecular formula is C13H18BrNO. The highest BCUT2D eigenvalue weighted by Gasteiger charge is 2.33. The molecular weight excluding hydrogens is 266 g/mol. The van der Waals surface area contributed by atoms with Crippen molar-refractivity contribution >= 4 is 15.9 Å². The summed E-state index contributed by atoms with van der Waals surface area (Å²) in [5.41, 5.74) is 8.56. The van der Waals surface area contributed by atoms with Crippen molar-refractivity contribution in [2.75, 3.05) is 13.2 Å². The molecule has 2 rings (SSSR count). The summed E-state index contributed by atoms with van der Waals surface area (Å²) < 4.78 is 7.03. The first-order chi connectivity index (χ1) is 7.69. The van der Waals surface area contributed by atoms with E-state index in [2.05, 4.69) is 34.1 Å². The van der Waals surface area contributed by atoms with Gasteiger partial charge in [-0.25, -0.2) is 0 Å². The van der Waals surface area contributed by atoms with Gasteiger partial charge in [0.1, 0.15) is 0 Å². The summed E-state index contributed by atoms with van der Waals surface area (Å²) in [5.74, 6) is 0. The molecule has 0 spiro atoms. The number of benzene rings is 1. The van der Waals surface area contributed by atoms with Gasteiger partial charge in [-0.05, 0) is 43.0 Å². The molecule has 0 saturated heterocycles. The van der Waals surface area contributed by atoms with Gasteiger partial charge >= 0.3 is 0 Å². The van der Waals surface area contributed by atoms with Gasteiger partial charge in [0.25, 0.3) is 0 Å². The molecule has 1 aromatic carbocycles. The number of hydrogen-bond acceptors (Lipinski definition) is 2. The van der Waals surface area contributed by atoms with E-state index in [0.717, 1.165) is 30.3 Å². The van der Waals surface area contributed by atoms with E-state index >= 15 is 0 Å². The number of halogens is 1. The van der Waals surface area contributed by atoms with E-state index in [1.165, 1.54) is 11.1 Å². The Morgan fingerprint density at radius 3 is 2.94 bits per heavy atom. The van der Waals surface area contributed by atoms with Crippen LogP contribution in [0.4, 0.5) is 0 Å². The number of hydrogen-bond donors (Lipinski definition) is 1. The lowest BCUT2D eigenvalue weighted by molar-refractivity contribution is -0.0417. The second kappa shape index (κ2) is 4.86. The van der Waals surface area contributed by atoms with Crippen molar-refractivity contribution in [3.8, 4) is 0 Å². The summed E-state index contributed by atoms with van der Waals surface area (Å²) in [6.07, 6.45) is 3.03. The van der Waals surface area contributed by atoms with Crippen LogP contribution < -0.4 is 5.73 Å². The van der Waals surface area contributed by atoms with Crippen LogP contribution in [0.25, 0.3) is 0 Å². The van der Waals surface area contributed by atoms with E-state index < -0.39 is 0 Å². The third kappa shape index (κ3) is 2.31. The topological polar surface area (TPSA) is 35.2 Å². The van der Waals surface area contributed by atoms with Crippen LogP contribution >= 0.6 is 15.9 Å². The van der Waals surface area contributed by atoms with Gasteiger partial charge in [-0.2, -0.15) is 0 Å². The van der Waals surface area contributed by atoms with Gasteiger partial charge < -0.3 is 10.5 Å². The van der Waals surface area contributed by atoms with Crippen molar-refractivity contribution in [2.24, 2.45) is 5.73 Å². The van der Waals surface area contributed by atoms with Crippen LogP contribution in [-0.4, -0.2) is 18.8 Å². The van der Waals surface area contributed by atoms with Gasteiger partial charge in [0.2, 0.25) is 0 Å². The fourth-order valence-corrected chi connectivity index (χ4v) is 2.87. The van der Waals surface area contributed by atoms with E-state index in [1.807, 2.05) is 6.92 Å². The zero-order chi connectivity index (χ0) is 11.6. The molecule has 2 N–H and O–H groups in total. The van der Waals surface area contributed by atoms with Crippen molar-refractivity contribution in [1.82, 2.24) is 0 Å². The second-order valence-corrected chi connectivity index (χ2v) is 5.33. The van der Waals surface area contributed by atoms with E-state index in [0.29, 0.717) is 6.54 Å². The largest absolute Gasteiger partial charge is 0.374 e. The maximum Gasteiger partial charge on any atom is 0.0847 e. The molecule has 1 aromatic rings. The Balaban J connectivity index is 2.25. The average molecular weight is 284 g/mol. The van der Waals surface area contributed by atoms with Crippen molar-refractivity contribution in [3.05, 3.63) is 33.8 Å². The second-order valence-electron chi connectivity index (χ2n) is 4.41. The quantitative estimate of drug-likeness (QED) is 0.926. The Bertz CT molecular complexity index is 380. The Hall–Kier alpha value is -0.380. The summed E-state index contributed by atoms with van der Waals surface area (Å²) in [5, 5.41) is 0. The van der Waals surface area contributed by atoms with Crippen LogP contribution in [-0.2, 0) is 17.6 Å². The number of nitrogens with two attached hydrogens (primary N) is 1. The lowest BCUT2D eigenvalue weighted by Crippen LogP contribution is -2.45. The van der Waals surface area contributed by atoms with Crippen molar-refractivity contribution < 1.29 is 4.74 Å². The fourth-order valence-electron chi connectivity index (χ4n) is 2.46. The lowest BCUT2D eigenvalue weighted by Gasteiger charge is -2.37. The first kappa shape index (κ1) is 12.1. The first-order valence-corrected chi connectivity index (χ1v) is 6.60. The monoisotopic (exact) mass is 283 g/mol. The van der Waals surface area contributed by atoms with E-state index in [9.17, 15) is 0 Å². The standard InChI is InChI=1S/C13H18BrNO/c1-2-16-13(9-15)6-5-10-7-12(14)4-3-11(10)8-13/h3-4,7H,2,5-6,8-9,15H2,1H3. The molecule has 16 heavy (non-hydrogen) atoms. The summed E-state index contributed by atoms with van der Waals surface area (Å²) in [6, 6.07) is 6.49. The minimum Gasteiger partial charge on any atom is -0.374 e. The summed E-state index contributed by atoms with van der Waals surface area (Å²) >= 11 is 3.51. The van der Waals surface area contributed by atoms with Crippen LogP contribution in [0.5, 0.6) is 0 Å². The normalized spacial score (nSPS) is 24.2. The molecule has 3 heteroatoms. The Kier molecular flexibility index (Phi) is 3.67. The fraction of sp³-hybridized carbons (Fsp3) is 0.538. The summed E-state index contributed by atoms with van der Waals surface area (Å²) in [6.45, 7) is 3.38. The molecule has 0 radical (unpaired) electrons. The van der Waals surface area contributed by atoms with Crippen LogP contribution in [0, 0.1) is 0 Å². The molecule has 1 aliphatic rings. The minimum atomic E-state index is -0.129. The SMILES string of the molecule is CCOC1(CN)CCc2cc(Br)ccc2C1. The van der Waals surface area contributed by atoms with Crippen molar-refractivity contribution in [2.45, 2.75) is 31.8 Å². The predicted molar refractivity (Wildman–Crippen MR) is 69.6 cm³/mol. The van der Waals surface area contributed by atoms with Gasteiger partial charge in [0.15, 0.2) is 0 Å². The minimum absolute atomic E-state index is 0.129. The molecule has 88 valence electrons. The lowest BCUT2D eigenvalue weighted by atomic mass is 9.80. The molecule has 2 nitrogen and oxygen atoms in total. The van der Waals surface area contributed by atoms with Gasteiger partial charge in [0.05, 0.1) is 5.60 Å². The Morgan fingerprint density at radius 1 is 1.44 bits per heavy atom. The number of rotatable bonds is 3. The number of fused-ring (bicyclic) bond motifs is 1. The Labute approximate surface area is 105 Å². The first-order valence-electron chi connectivity index (χ1n) is 5.80. The molecule has 0 amide bonds. The van der Waals surface area contributed by atoms with E-state index in [1.54, 1.807) is 0 Å². The molecule has 1 atom stereocenters. The number of aryl methyl sites for hydroxylation is 1. The van der Waals surface area contributed by atoms with Crippen LogP contribution in [0.1, 0.15) is 24.5 Å². The Morgan fingerprint density at radius 2 is 2.25 bits per heavy atom. The van der Waals surface area contributed by atoms with Gasteiger partial charge in [-0.1, -0.05) is 22.0 Å². The molecule has 0 heterocycles. The summed E-state index contributed by atoms with van der Waals surface area (Å²) in [4.78, 5) is 0. The summed E-state index contributed by atoms with van der Waals surface area (Å²) in [7, 11) is 0. The van der Waals surface area contributed by atoms with Gasteiger partial charge in [-0.3, -0.25) is 0 Å². The van der Waals surface area contributed by atoms with Crippen molar-refractivity contribution in [1.29, 1.82) is 0 Å². The zero-order valence-electron chi connectivity index (χ0n) is 9.63. The molecule has 0 aromatic heterocycles. The molecule has 0 saturated carbocycles. The predicted octanol–water partition coefficient (Wildman–Crippen LogP) is 2.67. The highest BCUT2D eigenvalue weighted by molar-refractivity contribution is 9.10. The van der Waals surface area contributed by atoms with Gasteiger partial charge in [-0.15, -0.1) is 0 Å². The zero-order valence-corrected chi connectivity index (χ0v) is 11.2. The van der Waals surface area contributed by atoms with Crippen LogP contribution in [0.3, 0.4) is 0 Å². The molecule has 0 bridgehead atoms. The van der Waals surface area contributed by atoms with E-state index in [4.69, 9.17) is 10.5 Å². The maximum atomic E-state index is 5.88. The highest BCUT2D eigenvalue weighted by Crippen LogP contribution is 2.32. The van der Waals surface area contributed by atoms with Crippen LogP contribution in [0.15, 0.2) is 22.7 Å². The smallest absolute Gasteiger partial charge is 0.0847 e. The van der Waals surface area contributed by atoms with Gasteiger partial charge in [0, 0.05) is 24.0 Å². The third-order valence-corrected chi connectivity index (χ3v) is 3.85. The highest BCUT2D eigenvalue weighted by atomic mass is 79.9. The van der Waals surface area contributed by atoms with E-state index in [-0.39, 0.29) is 5.60 Å². The molecule has 1 unspecified atom stereocenters. The van der Waals surface area contributed by atoms with Crippen LogP contribution in [0.2, 0.25) is 0 Å². The van der Waals surface area contributed by atoms with Crippen molar-refractivity contribution in [3.63, 3.8) is 0 Å². The molecule has 1 aliphatic carbocycles. The molecule has 0 aliphatic heterocycles. The average Bonchev–Trinajstić information content (AvgIpc) is 2.30. The molecule has 0 fully saturated rings. The third-order valence-electron chi connectivity index (χ3n) is 3.35. The number of ether oxygens (including phenoxy) is 1.